The molecule has 0 aromatic carbocycles. The normalized spacial score (nSPS) is 12.7. The molecular weight excluding hydrogens is 338 g/mol. The lowest BCUT2D eigenvalue weighted by molar-refractivity contribution is 0.430. The van der Waals surface area contributed by atoms with Gasteiger partial charge in [0.05, 0.1) is 10.0 Å². The summed E-state index contributed by atoms with van der Waals surface area (Å²) in [4.78, 5) is 5.69. The smallest absolute Gasteiger partial charge is 0.133 e. The molecule has 0 radical (unpaired) electrons. The molecule has 0 saturated heterocycles. The molecule has 104 valence electrons. The van der Waals surface area contributed by atoms with E-state index in [1.54, 1.807) is 23.8 Å². The molecule has 0 aliphatic rings. The van der Waals surface area contributed by atoms with Gasteiger partial charge in [-0.2, -0.15) is 0 Å². The maximum Gasteiger partial charge on any atom is 0.133 e. The van der Waals surface area contributed by atoms with Crippen LogP contribution in [0.3, 0.4) is 0 Å². The molecule has 0 fully saturated rings. The van der Waals surface area contributed by atoms with Gasteiger partial charge in [0.1, 0.15) is 17.6 Å². The minimum Gasteiger partial charge on any atom is -0.467 e. The van der Waals surface area contributed by atoms with Crippen molar-refractivity contribution in [1.82, 2.24) is 14.9 Å². The lowest BCUT2D eigenvalue weighted by Crippen LogP contribution is -2.24. The first-order chi connectivity index (χ1) is 9.74. The molecule has 0 aliphatic heterocycles. The van der Waals surface area contributed by atoms with Gasteiger partial charge >= 0.3 is 0 Å². The fraction of sp³-hybridized carbons (Fsp3) is 0.214. The standard InChI is InChI=1S/C14H14BrN3OS/c1-18-7-6-16-14(18)13(11-3-2-8-19-11)17-9-10-4-5-12(15)20-10/h2-8,13,17H,9H2,1H3. The van der Waals surface area contributed by atoms with Gasteiger partial charge in [0.25, 0.3) is 0 Å². The van der Waals surface area contributed by atoms with Crippen molar-refractivity contribution in [3.63, 3.8) is 0 Å². The van der Waals surface area contributed by atoms with Crippen molar-refractivity contribution < 1.29 is 4.42 Å². The first-order valence-corrected chi connectivity index (χ1v) is 7.83. The van der Waals surface area contributed by atoms with E-state index in [-0.39, 0.29) is 6.04 Å². The third-order valence-corrected chi connectivity index (χ3v) is 4.68. The number of aromatic nitrogens is 2. The van der Waals surface area contributed by atoms with Crippen molar-refractivity contribution in [2.45, 2.75) is 12.6 Å². The molecule has 3 rings (SSSR count). The average Bonchev–Trinajstić information content (AvgIpc) is 3.14. The van der Waals surface area contributed by atoms with Crippen molar-refractivity contribution in [2.24, 2.45) is 7.05 Å². The summed E-state index contributed by atoms with van der Waals surface area (Å²) in [5.74, 6) is 1.81. The SMILES string of the molecule is Cn1ccnc1C(NCc1ccc(Br)s1)c1ccco1. The van der Waals surface area contributed by atoms with E-state index in [2.05, 4.69) is 38.4 Å². The summed E-state index contributed by atoms with van der Waals surface area (Å²) in [6.45, 7) is 0.772. The van der Waals surface area contributed by atoms with Crippen LogP contribution in [0.25, 0.3) is 0 Å². The maximum absolute atomic E-state index is 5.55. The highest BCUT2D eigenvalue weighted by Crippen LogP contribution is 2.25. The predicted molar refractivity (Wildman–Crippen MR) is 82.6 cm³/mol. The van der Waals surface area contributed by atoms with E-state index in [4.69, 9.17) is 4.42 Å². The molecule has 3 heterocycles. The Bertz CT molecular complexity index is 674. The fourth-order valence-corrected chi connectivity index (χ4v) is 3.51. The van der Waals surface area contributed by atoms with Crippen LogP contribution in [0, 0.1) is 0 Å². The second-order valence-electron chi connectivity index (χ2n) is 4.43. The summed E-state index contributed by atoms with van der Waals surface area (Å²) in [7, 11) is 1.99. The number of aryl methyl sites for hydroxylation is 1. The maximum atomic E-state index is 5.55. The molecule has 1 atom stereocenters. The van der Waals surface area contributed by atoms with Crippen LogP contribution in [0.5, 0.6) is 0 Å². The van der Waals surface area contributed by atoms with Crippen molar-refractivity contribution in [3.05, 3.63) is 63.2 Å². The zero-order valence-electron chi connectivity index (χ0n) is 10.9. The van der Waals surface area contributed by atoms with Crippen molar-refractivity contribution >= 4 is 27.3 Å². The summed E-state index contributed by atoms with van der Waals surface area (Å²) in [6, 6.07) is 7.99. The van der Waals surface area contributed by atoms with E-state index < -0.39 is 0 Å². The molecule has 0 bridgehead atoms. The Morgan fingerprint density at radius 3 is 2.95 bits per heavy atom. The number of hydrogen-bond donors (Lipinski definition) is 1. The van der Waals surface area contributed by atoms with E-state index in [0.717, 1.165) is 21.9 Å². The molecule has 0 amide bonds. The average molecular weight is 352 g/mol. The monoisotopic (exact) mass is 351 g/mol. The highest BCUT2D eigenvalue weighted by molar-refractivity contribution is 9.11. The zero-order valence-corrected chi connectivity index (χ0v) is 13.3. The number of nitrogens with zero attached hydrogens (tertiary/aromatic N) is 2. The van der Waals surface area contributed by atoms with Gasteiger partial charge in [0.15, 0.2) is 0 Å². The molecule has 3 aromatic rings. The van der Waals surface area contributed by atoms with Crippen LogP contribution in [-0.4, -0.2) is 9.55 Å². The van der Waals surface area contributed by atoms with Crippen LogP contribution in [0.1, 0.15) is 22.5 Å². The summed E-state index contributed by atoms with van der Waals surface area (Å²) in [6.07, 6.45) is 5.43. The third-order valence-electron chi connectivity index (χ3n) is 3.05. The molecule has 0 aliphatic carbocycles. The lowest BCUT2D eigenvalue weighted by Gasteiger charge is -2.16. The van der Waals surface area contributed by atoms with E-state index in [1.165, 1.54) is 4.88 Å². The van der Waals surface area contributed by atoms with Gasteiger partial charge in [0, 0.05) is 30.9 Å². The van der Waals surface area contributed by atoms with E-state index in [9.17, 15) is 0 Å². The summed E-state index contributed by atoms with van der Waals surface area (Å²) in [5.41, 5.74) is 0. The molecule has 20 heavy (non-hydrogen) atoms. The summed E-state index contributed by atoms with van der Waals surface area (Å²) in [5, 5.41) is 3.51. The molecule has 0 spiro atoms. The number of hydrogen-bond acceptors (Lipinski definition) is 4. The Kier molecular flexibility index (Phi) is 4.05. The van der Waals surface area contributed by atoms with Crippen LogP contribution in [0.2, 0.25) is 0 Å². The third kappa shape index (κ3) is 2.87. The quantitative estimate of drug-likeness (QED) is 0.761. The van der Waals surface area contributed by atoms with Crippen molar-refractivity contribution in [3.8, 4) is 0 Å². The Labute approximate surface area is 129 Å². The van der Waals surface area contributed by atoms with Crippen LogP contribution in [-0.2, 0) is 13.6 Å². The lowest BCUT2D eigenvalue weighted by atomic mass is 10.2. The number of nitrogens with one attached hydrogen (secondary N) is 1. The Morgan fingerprint density at radius 2 is 2.35 bits per heavy atom. The Morgan fingerprint density at radius 1 is 1.45 bits per heavy atom. The van der Waals surface area contributed by atoms with Gasteiger partial charge in [-0.3, -0.25) is 5.32 Å². The second-order valence-corrected chi connectivity index (χ2v) is 6.98. The number of halogens is 1. The van der Waals surface area contributed by atoms with E-state index in [1.807, 2.05) is 29.9 Å². The van der Waals surface area contributed by atoms with Crippen LogP contribution >= 0.6 is 27.3 Å². The van der Waals surface area contributed by atoms with Crippen LogP contribution in [0.15, 0.2) is 51.1 Å². The van der Waals surface area contributed by atoms with Gasteiger partial charge in [-0.1, -0.05) is 0 Å². The van der Waals surface area contributed by atoms with Crippen molar-refractivity contribution in [2.75, 3.05) is 0 Å². The number of rotatable bonds is 5. The first kappa shape index (κ1) is 13.6. The number of thiophene rings is 1. The van der Waals surface area contributed by atoms with Gasteiger partial charge in [-0.05, 0) is 40.2 Å². The van der Waals surface area contributed by atoms with Gasteiger partial charge in [0.2, 0.25) is 0 Å². The molecule has 3 aromatic heterocycles. The van der Waals surface area contributed by atoms with Crippen LogP contribution < -0.4 is 5.32 Å². The predicted octanol–water partition coefficient (Wildman–Crippen LogP) is 3.72. The fourth-order valence-electron chi connectivity index (χ4n) is 2.08. The summed E-state index contributed by atoms with van der Waals surface area (Å²) < 4.78 is 8.69. The van der Waals surface area contributed by atoms with Gasteiger partial charge < -0.3 is 8.98 Å². The van der Waals surface area contributed by atoms with E-state index in [0.29, 0.717) is 0 Å². The number of furan rings is 1. The number of imidazole rings is 1. The zero-order chi connectivity index (χ0) is 13.9. The van der Waals surface area contributed by atoms with Gasteiger partial charge in [-0.15, -0.1) is 11.3 Å². The topological polar surface area (TPSA) is 43.0 Å². The molecule has 4 nitrogen and oxygen atoms in total. The second kappa shape index (κ2) is 5.95. The van der Waals surface area contributed by atoms with Crippen LogP contribution in [0.4, 0.5) is 0 Å². The molecule has 1 N–H and O–H groups in total. The minimum atomic E-state index is -0.0501. The minimum absolute atomic E-state index is 0.0501. The highest BCUT2D eigenvalue weighted by Gasteiger charge is 2.20. The summed E-state index contributed by atoms with van der Waals surface area (Å²) >= 11 is 5.21. The highest BCUT2D eigenvalue weighted by atomic mass is 79.9. The molecule has 1 unspecified atom stereocenters. The van der Waals surface area contributed by atoms with Crippen molar-refractivity contribution in [1.29, 1.82) is 0 Å². The first-order valence-electron chi connectivity index (χ1n) is 6.22. The molecule has 6 heteroatoms. The Hall–Kier alpha value is -1.37. The Balaban J connectivity index is 1.81. The largest absolute Gasteiger partial charge is 0.467 e. The molecule has 0 saturated carbocycles. The molecular formula is C14H14BrN3OS. The van der Waals surface area contributed by atoms with E-state index >= 15 is 0 Å². The van der Waals surface area contributed by atoms with Gasteiger partial charge in [-0.25, -0.2) is 4.98 Å².